The highest BCUT2D eigenvalue weighted by Crippen LogP contribution is 2.36. The number of hydrogen-bond acceptors (Lipinski definition) is 5. The molecule has 0 bridgehead atoms. The maximum atomic E-state index is 13.8. The van der Waals surface area contributed by atoms with Gasteiger partial charge in [-0.05, 0) is 63.4 Å². The highest BCUT2D eigenvalue weighted by Gasteiger charge is 2.43. The van der Waals surface area contributed by atoms with Crippen LogP contribution in [0, 0.1) is 6.92 Å². The van der Waals surface area contributed by atoms with Gasteiger partial charge in [-0.3, -0.25) is 9.59 Å². The van der Waals surface area contributed by atoms with E-state index in [1.165, 1.54) is 17.7 Å². The summed E-state index contributed by atoms with van der Waals surface area (Å²) in [5.74, 6) is -0.523. The minimum absolute atomic E-state index is 0.0165. The molecule has 0 aliphatic carbocycles. The van der Waals surface area contributed by atoms with E-state index in [9.17, 15) is 9.59 Å². The van der Waals surface area contributed by atoms with Crippen LogP contribution < -0.4 is 9.80 Å². The molecule has 0 spiro atoms. The summed E-state index contributed by atoms with van der Waals surface area (Å²) < 4.78 is 5.89. The van der Waals surface area contributed by atoms with Crippen LogP contribution in [0.3, 0.4) is 0 Å². The van der Waals surface area contributed by atoms with Gasteiger partial charge >= 0.3 is 0 Å². The minimum Gasteiger partial charge on any atom is -0.372 e. The third-order valence-electron chi connectivity index (χ3n) is 6.71. The SMILES string of the molecule is Cc1ccc(C2=C(N3CC(C)OC(C)C3)C(=O)N(c3ccc(N4CCCC4)cc3)C2=O)cc1. The molecule has 2 amide bonds. The van der Waals surface area contributed by atoms with Gasteiger partial charge in [0.25, 0.3) is 11.8 Å². The maximum Gasteiger partial charge on any atom is 0.282 e. The number of rotatable bonds is 4. The van der Waals surface area contributed by atoms with E-state index in [1.54, 1.807) is 0 Å². The summed E-state index contributed by atoms with van der Waals surface area (Å²) in [4.78, 5) is 33.2. The second kappa shape index (κ2) is 8.67. The lowest BCUT2D eigenvalue weighted by molar-refractivity contribution is -0.121. The topological polar surface area (TPSA) is 53.1 Å². The molecule has 2 atom stereocenters. The average Bonchev–Trinajstić information content (AvgIpc) is 3.41. The summed E-state index contributed by atoms with van der Waals surface area (Å²) >= 11 is 0. The third-order valence-corrected chi connectivity index (χ3v) is 6.71. The highest BCUT2D eigenvalue weighted by molar-refractivity contribution is 6.45. The number of benzene rings is 2. The molecule has 2 unspecified atom stereocenters. The number of hydrogen-bond donors (Lipinski definition) is 0. The first-order chi connectivity index (χ1) is 15.9. The van der Waals surface area contributed by atoms with Crippen LogP contribution >= 0.6 is 0 Å². The molecule has 6 heteroatoms. The van der Waals surface area contributed by atoms with Crippen LogP contribution in [0.25, 0.3) is 5.57 Å². The van der Waals surface area contributed by atoms with Crippen molar-refractivity contribution in [3.05, 3.63) is 65.4 Å². The molecule has 33 heavy (non-hydrogen) atoms. The summed E-state index contributed by atoms with van der Waals surface area (Å²) in [6.07, 6.45) is 2.37. The van der Waals surface area contributed by atoms with Gasteiger partial charge in [-0.1, -0.05) is 29.8 Å². The molecule has 6 nitrogen and oxygen atoms in total. The number of carbonyl (C=O) groups excluding carboxylic acids is 2. The second-order valence-electron chi connectivity index (χ2n) is 9.41. The van der Waals surface area contributed by atoms with E-state index in [-0.39, 0.29) is 24.0 Å². The smallest absolute Gasteiger partial charge is 0.282 e. The third kappa shape index (κ3) is 4.04. The van der Waals surface area contributed by atoms with E-state index in [1.807, 2.05) is 74.2 Å². The molecular weight excluding hydrogens is 414 g/mol. The molecule has 2 aromatic rings. The van der Waals surface area contributed by atoms with Crippen LogP contribution in [0.5, 0.6) is 0 Å². The molecule has 3 heterocycles. The first-order valence-corrected chi connectivity index (χ1v) is 11.9. The second-order valence-corrected chi connectivity index (χ2v) is 9.41. The molecular formula is C27H31N3O3. The fourth-order valence-corrected chi connectivity index (χ4v) is 5.17. The van der Waals surface area contributed by atoms with E-state index in [2.05, 4.69) is 4.90 Å². The number of morpholine rings is 1. The Balaban J connectivity index is 1.53. The van der Waals surface area contributed by atoms with Gasteiger partial charge < -0.3 is 14.5 Å². The summed E-state index contributed by atoms with van der Waals surface area (Å²) in [7, 11) is 0. The molecule has 3 aliphatic rings. The number of anilines is 2. The Morgan fingerprint density at radius 2 is 1.33 bits per heavy atom. The predicted octanol–water partition coefficient (Wildman–Crippen LogP) is 3.99. The Bertz CT molecular complexity index is 1070. The molecule has 0 saturated carbocycles. The molecule has 2 saturated heterocycles. The van der Waals surface area contributed by atoms with E-state index in [0.717, 1.165) is 29.9 Å². The van der Waals surface area contributed by atoms with Gasteiger partial charge in [0.05, 0.1) is 23.5 Å². The minimum atomic E-state index is -0.264. The van der Waals surface area contributed by atoms with Crippen molar-refractivity contribution < 1.29 is 14.3 Å². The zero-order chi connectivity index (χ0) is 23.1. The summed E-state index contributed by atoms with van der Waals surface area (Å²) in [6.45, 7) is 9.29. The molecule has 2 aromatic carbocycles. The van der Waals surface area contributed by atoms with Gasteiger partial charge in [0.1, 0.15) is 5.70 Å². The zero-order valence-corrected chi connectivity index (χ0v) is 19.6. The molecule has 0 N–H and O–H groups in total. The van der Waals surface area contributed by atoms with Crippen LogP contribution in [0.4, 0.5) is 11.4 Å². The van der Waals surface area contributed by atoms with Crippen molar-refractivity contribution in [1.82, 2.24) is 4.90 Å². The Kier molecular flexibility index (Phi) is 5.71. The molecule has 172 valence electrons. The van der Waals surface area contributed by atoms with Crippen LogP contribution in [0.1, 0.15) is 37.8 Å². The van der Waals surface area contributed by atoms with Gasteiger partial charge in [-0.15, -0.1) is 0 Å². The molecule has 2 fully saturated rings. The predicted molar refractivity (Wildman–Crippen MR) is 130 cm³/mol. The van der Waals surface area contributed by atoms with Crippen molar-refractivity contribution in [2.24, 2.45) is 0 Å². The summed E-state index contributed by atoms with van der Waals surface area (Å²) in [6, 6.07) is 15.7. The fraction of sp³-hybridized carbons (Fsp3) is 0.407. The van der Waals surface area contributed by atoms with Gasteiger partial charge in [-0.2, -0.15) is 0 Å². The van der Waals surface area contributed by atoms with Crippen molar-refractivity contribution in [3.8, 4) is 0 Å². The quantitative estimate of drug-likeness (QED) is 0.666. The van der Waals surface area contributed by atoms with Crippen LogP contribution in [0.15, 0.2) is 54.2 Å². The first-order valence-electron chi connectivity index (χ1n) is 11.9. The molecule has 0 radical (unpaired) electrons. The number of aryl methyl sites for hydroxylation is 1. The Morgan fingerprint density at radius 3 is 1.94 bits per heavy atom. The van der Waals surface area contributed by atoms with Gasteiger partial charge in [0, 0.05) is 31.9 Å². The van der Waals surface area contributed by atoms with Gasteiger partial charge in [0.2, 0.25) is 0 Å². The fourth-order valence-electron chi connectivity index (χ4n) is 5.17. The molecule has 0 aromatic heterocycles. The number of amides is 2. The van der Waals surface area contributed by atoms with Gasteiger partial charge in [0.15, 0.2) is 0 Å². The van der Waals surface area contributed by atoms with E-state index in [0.29, 0.717) is 30.0 Å². The van der Waals surface area contributed by atoms with Crippen LogP contribution in [-0.2, 0) is 14.3 Å². The number of nitrogens with zero attached hydrogens (tertiary/aromatic N) is 3. The highest BCUT2D eigenvalue weighted by atomic mass is 16.5. The number of carbonyl (C=O) groups is 2. The lowest BCUT2D eigenvalue weighted by Gasteiger charge is -2.37. The maximum absolute atomic E-state index is 13.8. The monoisotopic (exact) mass is 445 g/mol. The lowest BCUT2D eigenvalue weighted by atomic mass is 10.0. The normalized spacial score (nSPS) is 23.8. The van der Waals surface area contributed by atoms with Gasteiger partial charge in [-0.25, -0.2) is 4.90 Å². The van der Waals surface area contributed by atoms with E-state index >= 15 is 0 Å². The van der Waals surface area contributed by atoms with Crippen molar-refractivity contribution in [1.29, 1.82) is 0 Å². The molecule has 5 rings (SSSR count). The number of ether oxygens (including phenoxy) is 1. The van der Waals surface area contributed by atoms with E-state index in [4.69, 9.17) is 4.74 Å². The Morgan fingerprint density at radius 1 is 0.758 bits per heavy atom. The van der Waals surface area contributed by atoms with Crippen LogP contribution in [-0.4, -0.2) is 55.1 Å². The van der Waals surface area contributed by atoms with Crippen molar-refractivity contribution in [2.45, 2.75) is 45.8 Å². The standard InChI is InChI=1S/C27H31N3O3/c1-18-6-8-21(9-7-18)24-25(29-16-19(2)33-20(3)17-29)27(32)30(26(24)31)23-12-10-22(11-13-23)28-14-4-5-15-28/h6-13,19-20H,4-5,14-17H2,1-3H3. The Labute approximate surface area is 195 Å². The summed E-state index contributed by atoms with van der Waals surface area (Å²) in [5.41, 5.74) is 4.59. The van der Waals surface area contributed by atoms with E-state index < -0.39 is 0 Å². The Hall–Kier alpha value is -3.12. The van der Waals surface area contributed by atoms with Crippen molar-refractivity contribution >= 4 is 28.8 Å². The van der Waals surface area contributed by atoms with Crippen molar-refractivity contribution in [2.75, 3.05) is 36.0 Å². The zero-order valence-electron chi connectivity index (χ0n) is 19.6. The molecule has 3 aliphatic heterocycles. The largest absolute Gasteiger partial charge is 0.372 e. The number of imide groups is 1. The first kappa shape index (κ1) is 21.7. The summed E-state index contributed by atoms with van der Waals surface area (Å²) in [5, 5.41) is 0. The van der Waals surface area contributed by atoms with Crippen LogP contribution in [0.2, 0.25) is 0 Å². The van der Waals surface area contributed by atoms with Crippen molar-refractivity contribution in [3.63, 3.8) is 0 Å². The lowest BCUT2D eigenvalue weighted by Crippen LogP contribution is -2.47. The average molecular weight is 446 g/mol.